The van der Waals surface area contributed by atoms with E-state index in [0.717, 1.165) is 33.9 Å². The maximum atomic E-state index is 13.0. The fourth-order valence-electron chi connectivity index (χ4n) is 2.21. The zero-order valence-electron chi connectivity index (χ0n) is 14.5. The Morgan fingerprint density at radius 2 is 2.00 bits per heavy atom. The number of hydrogen-bond donors (Lipinski definition) is 0. The van der Waals surface area contributed by atoms with E-state index in [1.54, 1.807) is 6.08 Å². The Hall–Kier alpha value is -2.75. The van der Waals surface area contributed by atoms with Crippen molar-refractivity contribution >= 4 is 21.7 Å². The van der Waals surface area contributed by atoms with Gasteiger partial charge in [0.05, 0.1) is 5.69 Å². The topological polar surface area (TPSA) is 88.4 Å². The second kappa shape index (κ2) is 8.09. The van der Waals surface area contributed by atoms with E-state index in [1.165, 1.54) is 24.1 Å². The first-order chi connectivity index (χ1) is 12.3. The van der Waals surface area contributed by atoms with E-state index in [9.17, 15) is 17.6 Å². The van der Waals surface area contributed by atoms with Crippen LogP contribution in [0.15, 0.2) is 48.4 Å². The summed E-state index contributed by atoms with van der Waals surface area (Å²) in [5, 5.41) is 3.29. The van der Waals surface area contributed by atoms with Crippen LogP contribution in [0.4, 0.5) is 14.9 Å². The van der Waals surface area contributed by atoms with Crippen LogP contribution in [-0.4, -0.2) is 54.3 Å². The van der Waals surface area contributed by atoms with Gasteiger partial charge in [0.2, 0.25) is 0 Å². The number of benzene rings is 1. The molecule has 0 aliphatic heterocycles. The van der Waals surface area contributed by atoms with Gasteiger partial charge >= 0.3 is 16.1 Å². The monoisotopic (exact) mass is 381 g/mol. The van der Waals surface area contributed by atoms with Crippen molar-refractivity contribution in [1.82, 2.24) is 19.7 Å². The van der Waals surface area contributed by atoms with Crippen LogP contribution in [0.5, 0.6) is 0 Å². The quantitative estimate of drug-likeness (QED) is 0.686. The molecule has 0 unspecified atom stereocenters. The molecule has 0 fully saturated rings. The number of halogens is 1. The van der Waals surface area contributed by atoms with E-state index in [2.05, 4.69) is 16.7 Å². The van der Waals surface area contributed by atoms with Crippen LogP contribution >= 0.6 is 0 Å². The van der Waals surface area contributed by atoms with Crippen LogP contribution in [0.25, 0.3) is 0 Å². The molecule has 0 atom stereocenters. The summed E-state index contributed by atoms with van der Waals surface area (Å²) < 4.78 is 40.1. The van der Waals surface area contributed by atoms with Gasteiger partial charge in [-0.15, -0.1) is 11.7 Å². The van der Waals surface area contributed by atoms with E-state index in [1.807, 2.05) is 6.92 Å². The third-order valence-electron chi connectivity index (χ3n) is 3.56. The first-order valence-corrected chi connectivity index (χ1v) is 9.31. The van der Waals surface area contributed by atoms with Crippen molar-refractivity contribution in [3.63, 3.8) is 0 Å². The molecule has 0 saturated heterocycles. The number of rotatable bonds is 7. The number of sulfonamides is 1. The van der Waals surface area contributed by atoms with Crippen LogP contribution < -0.4 is 4.31 Å². The van der Waals surface area contributed by atoms with Gasteiger partial charge in [-0.1, -0.05) is 13.0 Å². The third kappa shape index (κ3) is 4.07. The number of carbonyl (C=O) groups is 1. The Bertz CT molecular complexity index is 880. The average Bonchev–Trinajstić information content (AvgIpc) is 3.12. The summed E-state index contributed by atoms with van der Waals surface area (Å²) in [6.45, 7) is 6.30. The number of aromatic nitrogens is 3. The summed E-state index contributed by atoms with van der Waals surface area (Å²) in [5.74, 6) is -0.481. The first kappa shape index (κ1) is 19.6. The van der Waals surface area contributed by atoms with Gasteiger partial charge in [0.1, 0.15) is 12.1 Å². The maximum Gasteiger partial charge on any atom is 0.346 e. The predicted molar refractivity (Wildman–Crippen MR) is 94.9 cm³/mol. The zero-order chi connectivity index (χ0) is 19.3. The number of amides is 1. The van der Waals surface area contributed by atoms with Crippen LogP contribution in [0.1, 0.15) is 13.3 Å². The van der Waals surface area contributed by atoms with E-state index in [-0.39, 0.29) is 5.69 Å². The SMILES string of the molecule is C=CCN(CCC)C(=O)n1cnc(S(=O)(=O)N(C)c2ccc(F)cc2)n1. The lowest BCUT2D eigenvalue weighted by molar-refractivity contribution is 0.201. The van der Waals surface area contributed by atoms with Crippen molar-refractivity contribution in [3.8, 4) is 0 Å². The maximum absolute atomic E-state index is 13.0. The molecule has 2 aromatic rings. The van der Waals surface area contributed by atoms with Crippen molar-refractivity contribution in [2.75, 3.05) is 24.4 Å². The molecule has 1 aromatic carbocycles. The molecule has 0 radical (unpaired) electrons. The zero-order valence-corrected chi connectivity index (χ0v) is 15.4. The van der Waals surface area contributed by atoms with Crippen molar-refractivity contribution in [2.45, 2.75) is 18.5 Å². The molecule has 1 heterocycles. The summed E-state index contributed by atoms with van der Waals surface area (Å²) in [7, 11) is -2.79. The predicted octanol–water partition coefficient (Wildman–Crippen LogP) is 2.11. The molecule has 26 heavy (non-hydrogen) atoms. The second-order valence-corrected chi connectivity index (χ2v) is 7.30. The summed E-state index contributed by atoms with van der Waals surface area (Å²) in [6.07, 6.45) is 3.36. The van der Waals surface area contributed by atoms with Crippen molar-refractivity contribution in [3.05, 3.63) is 49.1 Å². The van der Waals surface area contributed by atoms with Crippen LogP contribution in [0.2, 0.25) is 0 Å². The molecular formula is C16H20FN5O3S. The molecule has 0 saturated carbocycles. The van der Waals surface area contributed by atoms with Crippen molar-refractivity contribution in [1.29, 1.82) is 0 Å². The highest BCUT2D eigenvalue weighted by atomic mass is 32.2. The lowest BCUT2D eigenvalue weighted by atomic mass is 10.3. The minimum Gasteiger partial charge on any atom is -0.319 e. The van der Waals surface area contributed by atoms with Gasteiger partial charge in [0, 0.05) is 20.1 Å². The van der Waals surface area contributed by atoms with Gasteiger partial charge in [-0.05, 0) is 30.7 Å². The van der Waals surface area contributed by atoms with Crippen LogP contribution in [0, 0.1) is 5.82 Å². The van der Waals surface area contributed by atoms with Crippen LogP contribution in [0.3, 0.4) is 0 Å². The minimum atomic E-state index is -4.09. The lowest BCUT2D eigenvalue weighted by Crippen LogP contribution is -2.36. The van der Waals surface area contributed by atoms with Gasteiger partial charge in [0.25, 0.3) is 5.16 Å². The Morgan fingerprint density at radius 3 is 2.58 bits per heavy atom. The Morgan fingerprint density at radius 1 is 1.35 bits per heavy atom. The standard InChI is InChI=1S/C16H20FN5O3S/c1-4-10-21(11-5-2)16(23)22-12-18-15(19-22)26(24,25)20(3)14-8-6-13(17)7-9-14/h4,6-9,12H,1,5,10-11H2,2-3H3. The highest BCUT2D eigenvalue weighted by Crippen LogP contribution is 2.20. The molecule has 8 nitrogen and oxygen atoms in total. The second-order valence-electron chi connectivity index (χ2n) is 5.44. The average molecular weight is 381 g/mol. The van der Waals surface area contributed by atoms with Crippen molar-refractivity contribution in [2.24, 2.45) is 0 Å². The molecule has 0 bridgehead atoms. The molecule has 10 heteroatoms. The van der Waals surface area contributed by atoms with Gasteiger partial charge in [-0.3, -0.25) is 4.31 Å². The molecule has 140 valence electrons. The molecular weight excluding hydrogens is 361 g/mol. The van der Waals surface area contributed by atoms with Crippen molar-refractivity contribution < 1.29 is 17.6 Å². The third-order valence-corrected chi connectivity index (χ3v) is 5.14. The lowest BCUT2D eigenvalue weighted by Gasteiger charge is -2.19. The Labute approximate surface area is 151 Å². The van der Waals surface area contributed by atoms with E-state index in [0.29, 0.717) is 13.1 Å². The van der Waals surface area contributed by atoms with Gasteiger partial charge in [0.15, 0.2) is 0 Å². The summed E-state index contributed by atoms with van der Waals surface area (Å²) in [5.41, 5.74) is 0.244. The normalized spacial score (nSPS) is 11.2. The van der Waals surface area contributed by atoms with Gasteiger partial charge in [-0.2, -0.15) is 13.1 Å². The summed E-state index contributed by atoms with van der Waals surface area (Å²) in [4.78, 5) is 17.7. The number of nitrogens with zero attached hydrogens (tertiary/aromatic N) is 5. The fraction of sp³-hybridized carbons (Fsp3) is 0.312. The highest BCUT2D eigenvalue weighted by Gasteiger charge is 2.27. The number of hydrogen-bond acceptors (Lipinski definition) is 5. The fourth-order valence-corrected chi connectivity index (χ4v) is 3.22. The Balaban J connectivity index is 2.28. The largest absolute Gasteiger partial charge is 0.346 e. The molecule has 0 N–H and O–H groups in total. The van der Waals surface area contributed by atoms with E-state index >= 15 is 0 Å². The molecule has 0 aliphatic carbocycles. The Kier molecular flexibility index (Phi) is 6.09. The molecule has 1 aromatic heterocycles. The van der Waals surface area contributed by atoms with Gasteiger partial charge in [-0.25, -0.2) is 14.2 Å². The summed E-state index contributed by atoms with van der Waals surface area (Å²) in [6, 6.07) is 4.44. The highest BCUT2D eigenvalue weighted by molar-refractivity contribution is 7.92. The molecule has 1 amide bonds. The molecule has 2 rings (SSSR count). The molecule has 0 spiro atoms. The minimum absolute atomic E-state index is 0.244. The smallest absolute Gasteiger partial charge is 0.319 e. The first-order valence-electron chi connectivity index (χ1n) is 7.87. The number of carbonyl (C=O) groups excluding carboxylic acids is 1. The number of anilines is 1. The van der Waals surface area contributed by atoms with Crippen LogP contribution in [-0.2, 0) is 10.0 Å². The van der Waals surface area contributed by atoms with Gasteiger partial charge < -0.3 is 4.90 Å². The van der Waals surface area contributed by atoms with E-state index in [4.69, 9.17) is 0 Å². The molecule has 0 aliphatic rings. The summed E-state index contributed by atoms with van der Waals surface area (Å²) >= 11 is 0. The van der Waals surface area contributed by atoms with E-state index < -0.39 is 27.0 Å².